The number of benzene rings is 1. The summed E-state index contributed by atoms with van der Waals surface area (Å²) in [5.41, 5.74) is 4.59. The van der Waals surface area contributed by atoms with Crippen molar-refractivity contribution in [1.82, 2.24) is 0 Å². The summed E-state index contributed by atoms with van der Waals surface area (Å²) in [5.74, 6) is 0. The van der Waals surface area contributed by atoms with Gasteiger partial charge in [0.05, 0.1) is 5.69 Å². The Labute approximate surface area is 88.0 Å². The van der Waals surface area contributed by atoms with E-state index in [1.807, 2.05) is 14.0 Å². The molecule has 1 rings (SSSR count). The largest absolute Gasteiger partial charge is 0.387 e. The molecule has 1 N–H and O–H groups in total. The lowest BCUT2D eigenvalue weighted by atomic mass is 10.0. The van der Waals surface area contributed by atoms with Gasteiger partial charge in [-0.2, -0.15) is 0 Å². The monoisotopic (exact) mass is 239 g/mol. The average molecular weight is 240 g/mol. The Hall–Kier alpha value is -0.760. The quantitative estimate of drug-likeness (QED) is 0.828. The van der Waals surface area contributed by atoms with E-state index in [9.17, 15) is 0 Å². The Kier molecular flexibility index (Phi) is 3.15. The van der Waals surface area contributed by atoms with Gasteiger partial charge in [0.1, 0.15) is 0 Å². The lowest BCUT2D eigenvalue weighted by Gasteiger charge is -2.12. The van der Waals surface area contributed by atoms with E-state index in [4.69, 9.17) is 0 Å². The van der Waals surface area contributed by atoms with Gasteiger partial charge >= 0.3 is 0 Å². The highest BCUT2D eigenvalue weighted by molar-refractivity contribution is 9.10. The zero-order valence-corrected chi connectivity index (χ0v) is 9.83. The molecule has 0 spiro atoms. The van der Waals surface area contributed by atoms with Gasteiger partial charge in [0, 0.05) is 17.1 Å². The van der Waals surface area contributed by atoms with Crippen molar-refractivity contribution in [2.24, 2.45) is 0 Å². The molecule has 0 radical (unpaired) electrons. The van der Waals surface area contributed by atoms with Crippen LogP contribution in [0.5, 0.6) is 0 Å². The van der Waals surface area contributed by atoms with E-state index >= 15 is 0 Å². The van der Waals surface area contributed by atoms with E-state index in [1.54, 1.807) is 0 Å². The van der Waals surface area contributed by atoms with Gasteiger partial charge in [0.15, 0.2) is 0 Å². The second-order valence-electron chi connectivity index (χ2n) is 3.15. The third kappa shape index (κ3) is 1.94. The molecule has 0 aliphatic rings. The second kappa shape index (κ2) is 3.97. The first-order valence-electron chi connectivity index (χ1n) is 4.20. The Balaban J connectivity index is 3.38. The van der Waals surface area contributed by atoms with Gasteiger partial charge in [-0.1, -0.05) is 18.7 Å². The summed E-state index contributed by atoms with van der Waals surface area (Å²) in [6.07, 6.45) is 0. The number of nitrogens with one attached hydrogen (secondary N) is 1. The van der Waals surface area contributed by atoms with Gasteiger partial charge in [0.25, 0.3) is 0 Å². The summed E-state index contributed by atoms with van der Waals surface area (Å²) in [7, 11) is 1.92. The Bertz CT molecular complexity index is 342. The first-order chi connectivity index (χ1) is 6.07. The fraction of sp³-hybridized carbons (Fsp3) is 0.273. The molecule has 70 valence electrons. The van der Waals surface area contributed by atoms with Gasteiger partial charge < -0.3 is 5.32 Å². The molecule has 13 heavy (non-hydrogen) atoms. The third-order valence-corrected chi connectivity index (χ3v) is 3.07. The molecule has 0 fully saturated rings. The van der Waals surface area contributed by atoms with Gasteiger partial charge in [-0.3, -0.25) is 0 Å². The molecular formula is C11H14BrN. The zero-order chi connectivity index (χ0) is 10.0. The molecule has 0 atom stereocenters. The van der Waals surface area contributed by atoms with E-state index in [2.05, 4.69) is 46.9 Å². The predicted octanol–water partition coefficient (Wildman–Crippen LogP) is 3.83. The summed E-state index contributed by atoms with van der Waals surface area (Å²) >= 11 is 3.56. The summed E-state index contributed by atoms with van der Waals surface area (Å²) in [6.45, 7) is 8.03. The SMILES string of the molecule is C=C(C)c1ccc(C)c(Br)c1NC. The van der Waals surface area contributed by atoms with Crippen LogP contribution in [0.1, 0.15) is 18.1 Å². The maximum Gasteiger partial charge on any atom is 0.0560 e. The highest BCUT2D eigenvalue weighted by Gasteiger charge is 2.07. The summed E-state index contributed by atoms with van der Waals surface area (Å²) in [5, 5.41) is 3.18. The summed E-state index contributed by atoms with van der Waals surface area (Å²) in [6, 6.07) is 4.18. The van der Waals surface area contributed by atoms with Gasteiger partial charge in [0.2, 0.25) is 0 Å². The Morgan fingerprint density at radius 2 is 2.08 bits per heavy atom. The van der Waals surface area contributed by atoms with Crippen molar-refractivity contribution < 1.29 is 0 Å². The second-order valence-corrected chi connectivity index (χ2v) is 3.94. The number of rotatable bonds is 2. The number of aryl methyl sites for hydroxylation is 1. The first-order valence-corrected chi connectivity index (χ1v) is 5.00. The maximum absolute atomic E-state index is 3.94. The first kappa shape index (κ1) is 10.3. The Morgan fingerprint density at radius 3 is 2.54 bits per heavy atom. The lowest BCUT2D eigenvalue weighted by molar-refractivity contribution is 1.37. The van der Waals surface area contributed by atoms with Crippen LogP contribution in [0.15, 0.2) is 23.2 Å². The van der Waals surface area contributed by atoms with E-state index in [0.29, 0.717) is 0 Å². The fourth-order valence-corrected chi connectivity index (χ4v) is 1.82. The van der Waals surface area contributed by atoms with Crippen molar-refractivity contribution in [3.63, 3.8) is 0 Å². The maximum atomic E-state index is 3.94. The van der Waals surface area contributed by atoms with Gasteiger partial charge in [-0.15, -0.1) is 0 Å². The predicted molar refractivity (Wildman–Crippen MR) is 63.1 cm³/mol. The molecule has 0 aliphatic heterocycles. The zero-order valence-electron chi connectivity index (χ0n) is 8.24. The fourth-order valence-electron chi connectivity index (χ4n) is 1.28. The highest BCUT2D eigenvalue weighted by atomic mass is 79.9. The van der Waals surface area contributed by atoms with Crippen LogP contribution in [0.4, 0.5) is 5.69 Å². The number of hydrogen-bond acceptors (Lipinski definition) is 1. The van der Waals surface area contributed by atoms with E-state index in [0.717, 1.165) is 15.7 Å². The van der Waals surface area contributed by atoms with Crippen LogP contribution >= 0.6 is 15.9 Å². The van der Waals surface area contributed by atoms with Crippen molar-refractivity contribution in [3.05, 3.63) is 34.3 Å². The van der Waals surface area contributed by atoms with Crippen LogP contribution in [-0.2, 0) is 0 Å². The smallest absolute Gasteiger partial charge is 0.0560 e. The number of halogens is 1. The molecule has 1 nitrogen and oxygen atoms in total. The molecule has 0 heterocycles. The van der Waals surface area contributed by atoms with Crippen molar-refractivity contribution in [2.45, 2.75) is 13.8 Å². The van der Waals surface area contributed by atoms with Crippen LogP contribution in [0, 0.1) is 6.92 Å². The van der Waals surface area contributed by atoms with Gasteiger partial charge in [-0.05, 0) is 40.9 Å². The average Bonchev–Trinajstić information content (AvgIpc) is 2.09. The van der Waals surface area contributed by atoms with Crippen molar-refractivity contribution in [1.29, 1.82) is 0 Å². The summed E-state index contributed by atoms with van der Waals surface area (Å²) in [4.78, 5) is 0. The van der Waals surface area contributed by atoms with Crippen LogP contribution in [0.3, 0.4) is 0 Å². The molecule has 1 aromatic rings. The molecule has 0 aliphatic carbocycles. The topological polar surface area (TPSA) is 12.0 Å². The minimum Gasteiger partial charge on any atom is -0.387 e. The van der Waals surface area contributed by atoms with E-state index in [1.165, 1.54) is 11.1 Å². The molecule has 2 heteroatoms. The lowest BCUT2D eigenvalue weighted by Crippen LogP contribution is -1.96. The van der Waals surface area contributed by atoms with E-state index in [-0.39, 0.29) is 0 Å². The highest BCUT2D eigenvalue weighted by Crippen LogP contribution is 2.32. The molecule has 0 bridgehead atoms. The molecule has 0 aromatic heterocycles. The minimum atomic E-state index is 1.07. The molecular weight excluding hydrogens is 226 g/mol. The van der Waals surface area contributed by atoms with Crippen LogP contribution in [0.2, 0.25) is 0 Å². The normalized spacial score (nSPS) is 9.85. The molecule has 0 unspecified atom stereocenters. The standard InChI is InChI=1S/C11H14BrN/c1-7(2)9-6-5-8(3)10(12)11(9)13-4/h5-6,13H,1H2,2-4H3. The number of allylic oxidation sites excluding steroid dienone is 1. The molecule has 0 amide bonds. The van der Waals surface area contributed by atoms with Crippen LogP contribution in [0.25, 0.3) is 5.57 Å². The summed E-state index contributed by atoms with van der Waals surface area (Å²) < 4.78 is 1.12. The van der Waals surface area contributed by atoms with Crippen LogP contribution in [-0.4, -0.2) is 7.05 Å². The van der Waals surface area contributed by atoms with E-state index < -0.39 is 0 Å². The van der Waals surface area contributed by atoms with Crippen LogP contribution < -0.4 is 5.32 Å². The molecule has 0 saturated heterocycles. The minimum absolute atomic E-state index is 1.07. The number of hydrogen-bond donors (Lipinski definition) is 1. The Morgan fingerprint density at radius 1 is 1.46 bits per heavy atom. The molecule has 1 aromatic carbocycles. The third-order valence-electron chi connectivity index (χ3n) is 2.04. The number of anilines is 1. The van der Waals surface area contributed by atoms with Crippen molar-refractivity contribution in [2.75, 3.05) is 12.4 Å². The van der Waals surface area contributed by atoms with Crippen molar-refractivity contribution in [3.8, 4) is 0 Å². The van der Waals surface area contributed by atoms with Crippen molar-refractivity contribution >= 4 is 27.2 Å². The van der Waals surface area contributed by atoms with Gasteiger partial charge in [-0.25, -0.2) is 0 Å². The molecule has 0 saturated carbocycles.